The van der Waals surface area contributed by atoms with Gasteiger partial charge >= 0.3 is 0 Å². The van der Waals surface area contributed by atoms with E-state index in [0.717, 1.165) is 17.8 Å². The SMILES string of the molecule is Cc1ccc(C(=O)Nc2cc(CN(C)C)[nH]n2)cc1C. The van der Waals surface area contributed by atoms with E-state index in [1.165, 1.54) is 5.56 Å². The van der Waals surface area contributed by atoms with Crippen LogP contribution < -0.4 is 5.32 Å². The second-order valence-corrected chi connectivity index (χ2v) is 5.27. The number of benzene rings is 1. The van der Waals surface area contributed by atoms with Crippen LogP contribution in [-0.4, -0.2) is 35.1 Å². The number of carbonyl (C=O) groups excluding carboxylic acids is 1. The van der Waals surface area contributed by atoms with Crippen LogP contribution >= 0.6 is 0 Å². The van der Waals surface area contributed by atoms with E-state index in [1.54, 1.807) is 0 Å². The summed E-state index contributed by atoms with van der Waals surface area (Å²) in [6, 6.07) is 7.51. The molecule has 0 saturated heterocycles. The van der Waals surface area contributed by atoms with Gasteiger partial charge in [0.15, 0.2) is 5.82 Å². The number of hydrogen-bond donors (Lipinski definition) is 2. The van der Waals surface area contributed by atoms with Gasteiger partial charge in [0.2, 0.25) is 0 Å². The fraction of sp³-hybridized carbons (Fsp3) is 0.333. The van der Waals surface area contributed by atoms with E-state index in [0.29, 0.717) is 11.4 Å². The van der Waals surface area contributed by atoms with Gasteiger partial charge in [0.05, 0.1) is 5.69 Å². The number of amides is 1. The predicted octanol–water partition coefficient (Wildman–Crippen LogP) is 2.34. The Bertz CT molecular complexity index is 616. The zero-order valence-electron chi connectivity index (χ0n) is 12.3. The average Bonchev–Trinajstić information content (AvgIpc) is 2.79. The molecule has 0 unspecified atom stereocenters. The summed E-state index contributed by atoms with van der Waals surface area (Å²) in [5.41, 5.74) is 3.89. The number of rotatable bonds is 4. The van der Waals surface area contributed by atoms with Gasteiger partial charge in [0, 0.05) is 18.2 Å². The highest BCUT2D eigenvalue weighted by Crippen LogP contribution is 2.12. The highest BCUT2D eigenvalue weighted by atomic mass is 16.1. The summed E-state index contributed by atoms with van der Waals surface area (Å²) in [5, 5.41) is 9.80. The molecular formula is C15H20N4O. The highest BCUT2D eigenvalue weighted by Gasteiger charge is 2.09. The van der Waals surface area contributed by atoms with Crippen molar-refractivity contribution in [2.24, 2.45) is 0 Å². The van der Waals surface area contributed by atoms with E-state index in [-0.39, 0.29) is 5.91 Å². The van der Waals surface area contributed by atoms with E-state index >= 15 is 0 Å². The van der Waals surface area contributed by atoms with Crippen LogP contribution in [0.5, 0.6) is 0 Å². The lowest BCUT2D eigenvalue weighted by Gasteiger charge is -2.06. The molecule has 2 aromatic rings. The second kappa shape index (κ2) is 5.88. The summed E-state index contributed by atoms with van der Waals surface area (Å²) in [7, 11) is 3.96. The fourth-order valence-corrected chi connectivity index (χ4v) is 1.92. The molecule has 0 spiro atoms. The first kappa shape index (κ1) is 14.3. The molecule has 0 aliphatic carbocycles. The Balaban J connectivity index is 2.07. The molecule has 0 radical (unpaired) electrons. The molecule has 0 aliphatic heterocycles. The van der Waals surface area contributed by atoms with Gasteiger partial charge in [-0.25, -0.2) is 0 Å². The molecule has 1 heterocycles. The number of carbonyl (C=O) groups is 1. The van der Waals surface area contributed by atoms with Crippen molar-refractivity contribution in [1.82, 2.24) is 15.1 Å². The van der Waals surface area contributed by atoms with Gasteiger partial charge in [-0.05, 0) is 51.2 Å². The molecule has 1 aromatic carbocycles. The smallest absolute Gasteiger partial charge is 0.256 e. The summed E-state index contributed by atoms with van der Waals surface area (Å²) in [6.07, 6.45) is 0. The standard InChI is InChI=1S/C15H20N4O/c1-10-5-6-12(7-11(10)2)15(20)16-14-8-13(17-18-14)9-19(3)4/h5-8H,9H2,1-4H3,(H2,16,17,18,20). The van der Waals surface area contributed by atoms with Crippen LogP contribution in [-0.2, 0) is 6.54 Å². The Labute approximate surface area is 119 Å². The number of aryl methyl sites for hydroxylation is 2. The van der Waals surface area contributed by atoms with E-state index in [2.05, 4.69) is 15.5 Å². The molecule has 2 rings (SSSR count). The van der Waals surface area contributed by atoms with Gasteiger partial charge in [0.25, 0.3) is 5.91 Å². The predicted molar refractivity (Wildman–Crippen MR) is 79.8 cm³/mol. The monoisotopic (exact) mass is 272 g/mol. The Morgan fingerprint density at radius 3 is 2.65 bits per heavy atom. The number of aromatic nitrogens is 2. The molecule has 20 heavy (non-hydrogen) atoms. The number of aromatic amines is 1. The van der Waals surface area contributed by atoms with Crippen LogP contribution in [0.15, 0.2) is 24.3 Å². The molecule has 5 nitrogen and oxygen atoms in total. The number of nitrogens with one attached hydrogen (secondary N) is 2. The number of hydrogen-bond acceptors (Lipinski definition) is 3. The minimum Gasteiger partial charge on any atom is -0.305 e. The van der Waals surface area contributed by atoms with Gasteiger partial charge in [-0.3, -0.25) is 9.89 Å². The van der Waals surface area contributed by atoms with E-state index < -0.39 is 0 Å². The number of nitrogens with zero attached hydrogens (tertiary/aromatic N) is 2. The molecule has 0 bridgehead atoms. The molecular weight excluding hydrogens is 252 g/mol. The molecule has 5 heteroatoms. The van der Waals surface area contributed by atoms with Gasteiger partial charge in [-0.15, -0.1) is 0 Å². The van der Waals surface area contributed by atoms with Crippen LogP contribution in [0.1, 0.15) is 27.2 Å². The number of H-pyrrole nitrogens is 1. The minimum atomic E-state index is -0.143. The Morgan fingerprint density at radius 1 is 1.25 bits per heavy atom. The van der Waals surface area contributed by atoms with Crippen molar-refractivity contribution in [2.75, 3.05) is 19.4 Å². The van der Waals surface area contributed by atoms with Crippen molar-refractivity contribution >= 4 is 11.7 Å². The van der Waals surface area contributed by atoms with Crippen LogP contribution in [0, 0.1) is 13.8 Å². The summed E-state index contributed by atoms with van der Waals surface area (Å²) in [6.45, 7) is 4.78. The Hall–Kier alpha value is -2.14. The maximum Gasteiger partial charge on any atom is 0.256 e. The zero-order valence-corrected chi connectivity index (χ0v) is 12.3. The maximum atomic E-state index is 12.1. The third kappa shape index (κ3) is 3.45. The first-order chi connectivity index (χ1) is 9.45. The molecule has 1 amide bonds. The summed E-state index contributed by atoms with van der Waals surface area (Å²) >= 11 is 0. The third-order valence-electron chi connectivity index (χ3n) is 3.13. The van der Waals surface area contributed by atoms with E-state index in [4.69, 9.17) is 0 Å². The van der Waals surface area contributed by atoms with Crippen molar-refractivity contribution in [3.8, 4) is 0 Å². The first-order valence-corrected chi connectivity index (χ1v) is 6.53. The van der Waals surface area contributed by atoms with Crippen molar-refractivity contribution in [2.45, 2.75) is 20.4 Å². The molecule has 0 aliphatic rings. The molecule has 1 aromatic heterocycles. The van der Waals surface area contributed by atoms with Crippen molar-refractivity contribution < 1.29 is 4.79 Å². The molecule has 0 atom stereocenters. The van der Waals surface area contributed by atoms with Crippen LogP contribution in [0.4, 0.5) is 5.82 Å². The minimum absolute atomic E-state index is 0.143. The topological polar surface area (TPSA) is 61.0 Å². The average molecular weight is 272 g/mol. The van der Waals surface area contributed by atoms with Gasteiger partial charge in [0.1, 0.15) is 0 Å². The second-order valence-electron chi connectivity index (χ2n) is 5.27. The quantitative estimate of drug-likeness (QED) is 0.898. The van der Waals surface area contributed by atoms with E-state index in [1.807, 2.05) is 57.1 Å². The summed E-state index contributed by atoms with van der Waals surface area (Å²) in [4.78, 5) is 14.2. The lowest BCUT2D eigenvalue weighted by Crippen LogP contribution is -2.12. The van der Waals surface area contributed by atoms with Gasteiger partial charge in [-0.2, -0.15) is 5.10 Å². The van der Waals surface area contributed by atoms with E-state index in [9.17, 15) is 4.79 Å². The molecule has 106 valence electrons. The van der Waals surface area contributed by atoms with Crippen LogP contribution in [0.3, 0.4) is 0 Å². The summed E-state index contributed by atoms with van der Waals surface area (Å²) < 4.78 is 0. The lowest BCUT2D eigenvalue weighted by molar-refractivity contribution is 0.102. The molecule has 2 N–H and O–H groups in total. The van der Waals surface area contributed by atoms with Crippen molar-refractivity contribution in [1.29, 1.82) is 0 Å². The van der Waals surface area contributed by atoms with Crippen molar-refractivity contribution in [3.05, 3.63) is 46.6 Å². The van der Waals surface area contributed by atoms with Crippen molar-refractivity contribution in [3.63, 3.8) is 0 Å². The van der Waals surface area contributed by atoms with Crippen LogP contribution in [0.2, 0.25) is 0 Å². The highest BCUT2D eigenvalue weighted by molar-refractivity contribution is 6.03. The normalized spacial score (nSPS) is 10.8. The Morgan fingerprint density at radius 2 is 2.00 bits per heavy atom. The lowest BCUT2D eigenvalue weighted by atomic mass is 10.1. The maximum absolute atomic E-state index is 12.1. The summed E-state index contributed by atoms with van der Waals surface area (Å²) in [5.74, 6) is 0.404. The molecule has 0 fully saturated rings. The largest absolute Gasteiger partial charge is 0.305 e. The zero-order chi connectivity index (χ0) is 14.7. The van der Waals surface area contributed by atoms with Gasteiger partial charge < -0.3 is 10.2 Å². The third-order valence-corrected chi connectivity index (χ3v) is 3.13. The first-order valence-electron chi connectivity index (χ1n) is 6.53. The van der Waals surface area contributed by atoms with Crippen LogP contribution in [0.25, 0.3) is 0 Å². The number of anilines is 1. The Kier molecular flexibility index (Phi) is 4.20. The fourth-order valence-electron chi connectivity index (χ4n) is 1.92. The van der Waals surface area contributed by atoms with Gasteiger partial charge in [-0.1, -0.05) is 6.07 Å². The molecule has 0 saturated carbocycles.